The number of piperazine rings is 1. The molecule has 1 heterocycles. The first-order valence-corrected chi connectivity index (χ1v) is 6.01. The van der Waals surface area contributed by atoms with E-state index in [2.05, 4.69) is 16.3 Å². The predicted molar refractivity (Wildman–Crippen MR) is 60.9 cm³/mol. The van der Waals surface area contributed by atoms with Crippen LogP contribution < -0.4 is 5.32 Å². The molecular formula is C12H20N2O. The van der Waals surface area contributed by atoms with E-state index in [0.29, 0.717) is 12.3 Å². The molecule has 15 heavy (non-hydrogen) atoms. The van der Waals surface area contributed by atoms with Crippen LogP contribution in [0.5, 0.6) is 0 Å². The summed E-state index contributed by atoms with van der Waals surface area (Å²) in [6, 6.07) is 0. The van der Waals surface area contributed by atoms with E-state index >= 15 is 0 Å². The van der Waals surface area contributed by atoms with Crippen molar-refractivity contribution in [2.24, 2.45) is 0 Å². The van der Waals surface area contributed by atoms with E-state index in [9.17, 15) is 4.79 Å². The number of allylic oxidation sites excluding steroid dienone is 1. The molecule has 3 nitrogen and oxygen atoms in total. The predicted octanol–water partition coefficient (Wildman–Crippen LogP) is 0.961. The Bertz CT molecular complexity index is 254. The van der Waals surface area contributed by atoms with Crippen LogP contribution in [-0.4, -0.2) is 43.4 Å². The van der Waals surface area contributed by atoms with Crippen LogP contribution in [0.2, 0.25) is 0 Å². The monoisotopic (exact) mass is 208 g/mol. The lowest BCUT2D eigenvalue weighted by atomic mass is 9.96. The summed E-state index contributed by atoms with van der Waals surface area (Å²) in [5, 5.41) is 3.30. The van der Waals surface area contributed by atoms with Gasteiger partial charge in [-0.25, -0.2) is 0 Å². The van der Waals surface area contributed by atoms with Crippen LogP contribution >= 0.6 is 0 Å². The van der Waals surface area contributed by atoms with Gasteiger partial charge in [-0.3, -0.25) is 9.69 Å². The second-order valence-electron chi connectivity index (χ2n) is 4.42. The Morgan fingerprint density at radius 1 is 1.33 bits per heavy atom. The number of carbonyl (C=O) groups is 1. The molecule has 0 unspecified atom stereocenters. The van der Waals surface area contributed by atoms with Gasteiger partial charge in [0.05, 0.1) is 6.54 Å². The van der Waals surface area contributed by atoms with Gasteiger partial charge in [-0.2, -0.15) is 0 Å². The zero-order valence-corrected chi connectivity index (χ0v) is 9.30. The molecule has 1 aliphatic heterocycles. The fourth-order valence-corrected chi connectivity index (χ4v) is 2.27. The molecule has 3 heteroatoms. The Morgan fingerprint density at radius 2 is 2.13 bits per heavy atom. The molecule has 1 saturated heterocycles. The molecule has 0 aromatic carbocycles. The molecule has 84 valence electrons. The van der Waals surface area contributed by atoms with Crippen LogP contribution in [0.15, 0.2) is 11.6 Å². The minimum Gasteiger partial charge on any atom is -0.314 e. The van der Waals surface area contributed by atoms with Crippen molar-refractivity contribution < 1.29 is 4.79 Å². The molecule has 2 aliphatic rings. The number of carbonyl (C=O) groups excluding carboxylic acids is 1. The third-order valence-corrected chi connectivity index (χ3v) is 3.23. The second-order valence-corrected chi connectivity index (χ2v) is 4.42. The number of hydrogen-bond acceptors (Lipinski definition) is 3. The zero-order valence-electron chi connectivity index (χ0n) is 9.30. The molecule has 2 rings (SSSR count). The van der Waals surface area contributed by atoms with E-state index in [1.54, 1.807) is 0 Å². The van der Waals surface area contributed by atoms with Crippen molar-refractivity contribution in [3.8, 4) is 0 Å². The zero-order chi connectivity index (χ0) is 10.5. The van der Waals surface area contributed by atoms with Gasteiger partial charge in [-0.05, 0) is 31.3 Å². The van der Waals surface area contributed by atoms with Gasteiger partial charge in [0.15, 0.2) is 5.78 Å². The summed E-state index contributed by atoms with van der Waals surface area (Å²) in [5.41, 5.74) is 1.08. The average Bonchev–Trinajstić information content (AvgIpc) is 2.31. The van der Waals surface area contributed by atoms with Crippen LogP contribution in [0.1, 0.15) is 25.7 Å². The van der Waals surface area contributed by atoms with Crippen LogP contribution in [0.3, 0.4) is 0 Å². The standard InChI is InChI=1S/C12H20N2O/c15-12(11-4-2-1-3-5-11)10-14-8-6-13-7-9-14/h4,13H,1-3,5-10H2. The number of nitrogens with zero attached hydrogens (tertiary/aromatic N) is 1. The number of Topliss-reactive ketones (excluding diaryl/α,β-unsaturated/α-hetero) is 1. The Balaban J connectivity index is 1.82. The third kappa shape index (κ3) is 3.14. The Morgan fingerprint density at radius 3 is 2.80 bits per heavy atom. The normalized spacial score (nSPS) is 23.6. The quantitative estimate of drug-likeness (QED) is 0.750. The van der Waals surface area contributed by atoms with E-state index in [-0.39, 0.29) is 0 Å². The van der Waals surface area contributed by atoms with Gasteiger partial charge in [0.1, 0.15) is 0 Å². The molecule has 0 aromatic heterocycles. The van der Waals surface area contributed by atoms with Crippen molar-refractivity contribution in [3.05, 3.63) is 11.6 Å². The lowest BCUT2D eigenvalue weighted by Gasteiger charge is -2.27. The average molecular weight is 208 g/mol. The van der Waals surface area contributed by atoms with E-state index < -0.39 is 0 Å². The molecule has 1 aliphatic carbocycles. The molecular weight excluding hydrogens is 188 g/mol. The molecule has 1 N–H and O–H groups in total. The lowest BCUT2D eigenvalue weighted by molar-refractivity contribution is -0.117. The number of rotatable bonds is 3. The van der Waals surface area contributed by atoms with Crippen LogP contribution in [0.25, 0.3) is 0 Å². The minimum absolute atomic E-state index is 0.358. The number of nitrogens with one attached hydrogen (secondary N) is 1. The Kier molecular flexibility index (Phi) is 3.92. The van der Waals surface area contributed by atoms with E-state index in [1.165, 1.54) is 12.8 Å². The van der Waals surface area contributed by atoms with Gasteiger partial charge in [0, 0.05) is 26.2 Å². The van der Waals surface area contributed by atoms with Crippen molar-refractivity contribution in [3.63, 3.8) is 0 Å². The fraction of sp³-hybridized carbons (Fsp3) is 0.750. The maximum Gasteiger partial charge on any atom is 0.172 e. The highest BCUT2D eigenvalue weighted by atomic mass is 16.1. The molecule has 0 amide bonds. The second kappa shape index (κ2) is 5.42. The van der Waals surface area contributed by atoms with Crippen molar-refractivity contribution in [1.29, 1.82) is 0 Å². The van der Waals surface area contributed by atoms with E-state index in [0.717, 1.165) is 44.6 Å². The highest BCUT2D eigenvalue weighted by molar-refractivity contribution is 5.96. The van der Waals surface area contributed by atoms with Crippen molar-refractivity contribution in [2.75, 3.05) is 32.7 Å². The SMILES string of the molecule is O=C(CN1CCNCC1)C1=CCCCC1. The van der Waals surface area contributed by atoms with Gasteiger partial charge in [0.25, 0.3) is 0 Å². The molecule has 1 fully saturated rings. The minimum atomic E-state index is 0.358. The summed E-state index contributed by atoms with van der Waals surface area (Å²) in [6.07, 6.45) is 6.70. The van der Waals surface area contributed by atoms with Crippen molar-refractivity contribution >= 4 is 5.78 Å². The fourth-order valence-electron chi connectivity index (χ4n) is 2.27. The molecule has 0 radical (unpaired) electrons. The Hall–Kier alpha value is -0.670. The highest BCUT2D eigenvalue weighted by Crippen LogP contribution is 2.18. The summed E-state index contributed by atoms with van der Waals surface area (Å²) in [5.74, 6) is 0.358. The first kappa shape index (κ1) is 10.8. The van der Waals surface area contributed by atoms with Gasteiger partial charge >= 0.3 is 0 Å². The van der Waals surface area contributed by atoms with E-state index in [1.807, 2.05) is 0 Å². The largest absolute Gasteiger partial charge is 0.314 e. The topological polar surface area (TPSA) is 32.3 Å². The number of hydrogen-bond donors (Lipinski definition) is 1. The van der Waals surface area contributed by atoms with Crippen molar-refractivity contribution in [1.82, 2.24) is 10.2 Å². The van der Waals surface area contributed by atoms with Gasteiger partial charge < -0.3 is 5.32 Å². The molecule has 0 bridgehead atoms. The van der Waals surface area contributed by atoms with Crippen LogP contribution in [0, 0.1) is 0 Å². The smallest absolute Gasteiger partial charge is 0.172 e. The molecule has 0 atom stereocenters. The molecule has 0 aromatic rings. The summed E-state index contributed by atoms with van der Waals surface area (Å²) in [7, 11) is 0. The maximum absolute atomic E-state index is 11.9. The third-order valence-electron chi connectivity index (χ3n) is 3.23. The first-order valence-electron chi connectivity index (χ1n) is 6.01. The van der Waals surface area contributed by atoms with Crippen LogP contribution in [0.4, 0.5) is 0 Å². The Labute approximate surface area is 91.5 Å². The summed E-state index contributed by atoms with van der Waals surface area (Å²) in [4.78, 5) is 14.2. The van der Waals surface area contributed by atoms with Gasteiger partial charge in [0.2, 0.25) is 0 Å². The highest BCUT2D eigenvalue weighted by Gasteiger charge is 2.17. The molecule has 0 saturated carbocycles. The summed E-state index contributed by atoms with van der Waals surface area (Å²) in [6.45, 7) is 4.70. The lowest BCUT2D eigenvalue weighted by Crippen LogP contribution is -2.45. The maximum atomic E-state index is 11.9. The summed E-state index contributed by atoms with van der Waals surface area (Å²) < 4.78 is 0. The first-order chi connectivity index (χ1) is 7.36. The summed E-state index contributed by atoms with van der Waals surface area (Å²) >= 11 is 0. The van der Waals surface area contributed by atoms with Gasteiger partial charge in [-0.1, -0.05) is 6.08 Å². The number of ketones is 1. The van der Waals surface area contributed by atoms with Gasteiger partial charge in [-0.15, -0.1) is 0 Å². The van der Waals surface area contributed by atoms with Crippen LogP contribution in [-0.2, 0) is 4.79 Å². The van der Waals surface area contributed by atoms with E-state index in [4.69, 9.17) is 0 Å². The van der Waals surface area contributed by atoms with Crippen molar-refractivity contribution in [2.45, 2.75) is 25.7 Å². The molecule has 0 spiro atoms.